The summed E-state index contributed by atoms with van der Waals surface area (Å²) >= 11 is 0. The van der Waals surface area contributed by atoms with E-state index in [-0.39, 0.29) is 36.2 Å². The molecule has 1 saturated heterocycles. The molecule has 6 rings (SSSR count). The van der Waals surface area contributed by atoms with E-state index in [0.29, 0.717) is 12.0 Å². The highest BCUT2D eigenvalue weighted by Gasteiger charge is 2.78. The topological polar surface area (TPSA) is 231 Å². The van der Waals surface area contributed by atoms with Crippen LogP contribution in [0.15, 0.2) is 71.8 Å². The molecule has 4 aliphatic rings. The van der Waals surface area contributed by atoms with Gasteiger partial charge < -0.3 is 49.1 Å². The third-order valence-electron chi connectivity index (χ3n) is 13.3. The number of alkyl carbamates (subject to hydrolysis) is 1. The number of hydrogen-bond acceptors (Lipinski definition) is 15. The molecule has 1 heterocycles. The van der Waals surface area contributed by atoms with Gasteiger partial charge in [-0.15, -0.1) is 0 Å². The number of amides is 1. The Bertz CT molecular complexity index is 2130. The maximum absolute atomic E-state index is 15.1. The lowest BCUT2D eigenvalue weighted by Crippen LogP contribution is -2.81. The molecule has 1 aliphatic heterocycles. The molecule has 2 bridgehead atoms. The van der Waals surface area contributed by atoms with E-state index in [4.69, 9.17) is 28.4 Å². The van der Waals surface area contributed by atoms with Gasteiger partial charge in [-0.05, 0) is 69.9 Å². The minimum Gasteiger partial charge on any atom is -0.455 e. The zero-order valence-electron chi connectivity index (χ0n) is 37.2. The summed E-state index contributed by atoms with van der Waals surface area (Å²) in [5, 5.41) is 40.6. The minimum absolute atomic E-state index is 0.0697. The Balaban J connectivity index is 1.53. The number of benzene rings is 2. The first-order valence-corrected chi connectivity index (χ1v) is 21.3. The summed E-state index contributed by atoms with van der Waals surface area (Å²) in [6.45, 7) is 13.5. The van der Waals surface area contributed by atoms with E-state index in [0.717, 1.165) is 6.92 Å². The van der Waals surface area contributed by atoms with Crippen molar-refractivity contribution in [1.82, 2.24) is 5.32 Å². The number of carbonyl (C=O) groups is 6. The van der Waals surface area contributed by atoms with Crippen LogP contribution in [0.5, 0.6) is 0 Å². The van der Waals surface area contributed by atoms with Crippen LogP contribution in [0.4, 0.5) is 4.79 Å². The Kier molecular flexibility index (Phi) is 13.1. The highest BCUT2D eigenvalue weighted by Crippen LogP contribution is 2.64. The van der Waals surface area contributed by atoms with Crippen LogP contribution in [0.25, 0.3) is 0 Å². The number of Topliss-reactive ketones (excluding diaryl/α,β-unsaturated/α-hetero) is 1. The number of carbonyl (C=O) groups excluding carboxylic acids is 6. The van der Waals surface area contributed by atoms with Crippen LogP contribution >= 0.6 is 0 Å². The van der Waals surface area contributed by atoms with Crippen molar-refractivity contribution < 1.29 is 72.5 Å². The number of nitrogens with one attached hydrogen (secondary N) is 1. The van der Waals surface area contributed by atoms with Gasteiger partial charge >= 0.3 is 30.0 Å². The fourth-order valence-electron chi connectivity index (χ4n) is 10.1. The standard InChI is InChI=1S/C47H59NO15/c1-10-17-32(51)60-36(34(27-18-13-11-14-19-27)48-42(56)63-43(4,5)6)41(55)59-29-23-47(57)39(61-40(54)28-20-15-12-16-21-28)37-45(9,38(53)35(52)33(25(29)2)44(47,7)8)30(50)22-31-46(37,24-58-31)62-26(3)49/h11-16,18-21,29-31,34-37,39,50,52,57H,10,17,22-24H2,1-9H3,(H,48,56)/t29-,30-,31+,34-,35+,36+,37?,39?,45+,46-,47+/m0/s1. The molecule has 0 aromatic heterocycles. The molecule has 1 amide bonds. The van der Waals surface area contributed by atoms with E-state index in [1.807, 2.05) is 0 Å². The van der Waals surface area contributed by atoms with E-state index in [1.54, 1.807) is 90.1 Å². The first-order chi connectivity index (χ1) is 29.4. The Hall–Kier alpha value is -5.16. The molecule has 4 N–H and O–H groups in total. The number of ether oxygens (including phenoxy) is 6. The van der Waals surface area contributed by atoms with Crippen molar-refractivity contribution in [3.8, 4) is 0 Å². The highest BCUT2D eigenvalue weighted by molar-refractivity contribution is 5.94. The number of ketones is 1. The van der Waals surface area contributed by atoms with Crippen molar-refractivity contribution in [2.75, 3.05) is 6.61 Å². The molecule has 2 aromatic carbocycles. The van der Waals surface area contributed by atoms with Gasteiger partial charge in [-0.25, -0.2) is 14.4 Å². The van der Waals surface area contributed by atoms with Crippen LogP contribution < -0.4 is 5.32 Å². The van der Waals surface area contributed by atoms with Gasteiger partial charge in [-0.2, -0.15) is 0 Å². The monoisotopic (exact) mass is 877 g/mol. The van der Waals surface area contributed by atoms with Crippen LogP contribution in [0, 0.1) is 16.7 Å². The van der Waals surface area contributed by atoms with Crippen molar-refractivity contribution in [3.05, 3.63) is 82.9 Å². The Morgan fingerprint density at radius 1 is 0.952 bits per heavy atom. The number of rotatable bonds is 11. The lowest BCUT2D eigenvalue weighted by atomic mass is 9.44. The van der Waals surface area contributed by atoms with E-state index in [2.05, 4.69) is 5.32 Å². The number of hydrogen-bond donors (Lipinski definition) is 4. The van der Waals surface area contributed by atoms with Crippen LogP contribution in [0.1, 0.15) is 110 Å². The maximum Gasteiger partial charge on any atom is 0.408 e. The molecule has 63 heavy (non-hydrogen) atoms. The molecular weight excluding hydrogens is 819 g/mol. The smallest absolute Gasteiger partial charge is 0.408 e. The summed E-state index contributed by atoms with van der Waals surface area (Å²) in [6, 6.07) is 14.7. The van der Waals surface area contributed by atoms with E-state index >= 15 is 4.79 Å². The van der Waals surface area contributed by atoms with Gasteiger partial charge in [0.25, 0.3) is 0 Å². The zero-order valence-corrected chi connectivity index (χ0v) is 37.2. The number of fused-ring (bicyclic) bond motifs is 5. The molecule has 2 unspecified atom stereocenters. The second-order valence-corrected chi connectivity index (χ2v) is 18.8. The van der Waals surface area contributed by atoms with Crippen molar-refractivity contribution in [2.24, 2.45) is 16.7 Å². The second-order valence-electron chi connectivity index (χ2n) is 18.8. The van der Waals surface area contributed by atoms with Crippen LogP contribution in [0.2, 0.25) is 0 Å². The maximum atomic E-state index is 15.1. The minimum atomic E-state index is -2.39. The van der Waals surface area contributed by atoms with Crippen LogP contribution in [-0.4, -0.2) is 111 Å². The lowest BCUT2D eigenvalue weighted by molar-refractivity contribution is -0.346. The van der Waals surface area contributed by atoms with Crippen molar-refractivity contribution in [3.63, 3.8) is 0 Å². The van der Waals surface area contributed by atoms with Gasteiger partial charge in [0.2, 0.25) is 6.10 Å². The zero-order chi connectivity index (χ0) is 46.4. The Morgan fingerprint density at radius 3 is 2.13 bits per heavy atom. The van der Waals surface area contributed by atoms with E-state index < -0.39 is 118 Å². The number of esters is 4. The fourth-order valence-corrected chi connectivity index (χ4v) is 10.1. The second kappa shape index (κ2) is 17.4. The molecule has 16 nitrogen and oxygen atoms in total. The molecular formula is C47H59NO15. The molecule has 0 spiro atoms. The lowest BCUT2D eigenvalue weighted by Gasteiger charge is -2.67. The van der Waals surface area contributed by atoms with Gasteiger partial charge in [0, 0.05) is 31.6 Å². The SMILES string of the molecule is CCCC(=O)O[C@@H](C(=O)O[C@H]1C[C@@]2(O)C(OC(=O)c3ccccc3)C3[C@](C)(C(=O)[C@H](O)C(=C1C)C2(C)C)[C@@H](O)C[C@H]1OC[C@@]31OC(C)=O)[C@@H](NC(=O)OC(C)(C)C)c1ccccc1. The predicted molar refractivity (Wildman–Crippen MR) is 222 cm³/mol. The quantitative estimate of drug-likeness (QED) is 0.137. The average Bonchev–Trinajstić information content (AvgIpc) is 3.20. The summed E-state index contributed by atoms with van der Waals surface area (Å²) in [7, 11) is 0. The first kappa shape index (κ1) is 47.3. The van der Waals surface area contributed by atoms with E-state index in [9.17, 15) is 39.3 Å². The predicted octanol–water partition coefficient (Wildman–Crippen LogP) is 4.61. The highest BCUT2D eigenvalue weighted by atomic mass is 16.6. The van der Waals surface area contributed by atoms with E-state index in [1.165, 1.54) is 26.0 Å². The van der Waals surface area contributed by atoms with Crippen molar-refractivity contribution in [2.45, 2.75) is 147 Å². The van der Waals surface area contributed by atoms with Gasteiger partial charge in [-0.1, -0.05) is 69.3 Å². The van der Waals surface area contributed by atoms with Crippen molar-refractivity contribution in [1.29, 1.82) is 0 Å². The first-order valence-electron chi connectivity index (χ1n) is 21.3. The largest absolute Gasteiger partial charge is 0.455 e. The van der Waals surface area contributed by atoms with Crippen LogP contribution in [0.3, 0.4) is 0 Å². The molecule has 342 valence electrons. The third-order valence-corrected chi connectivity index (χ3v) is 13.3. The molecule has 11 atom stereocenters. The Morgan fingerprint density at radius 2 is 1.57 bits per heavy atom. The molecule has 3 fully saturated rings. The third kappa shape index (κ3) is 8.50. The van der Waals surface area contributed by atoms with Gasteiger partial charge in [-0.3, -0.25) is 14.4 Å². The summed E-state index contributed by atoms with van der Waals surface area (Å²) in [5.41, 5.74) is -8.32. The van der Waals surface area contributed by atoms with Gasteiger partial charge in [0.05, 0.1) is 29.6 Å². The van der Waals surface area contributed by atoms with Crippen molar-refractivity contribution >= 4 is 35.8 Å². The summed E-state index contributed by atoms with van der Waals surface area (Å²) in [5.74, 6) is -6.14. The fraction of sp³-hybridized carbons (Fsp3) is 0.574. The molecule has 3 aliphatic carbocycles. The number of aliphatic hydroxyl groups is 3. The molecule has 2 aromatic rings. The molecule has 16 heteroatoms. The number of aliphatic hydroxyl groups excluding tert-OH is 2. The molecule has 0 radical (unpaired) electrons. The molecule has 2 saturated carbocycles. The summed E-state index contributed by atoms with van der Waals surface area (Å²) < 4.78 is 35.8. The average molecular weight is 878 g/mol. The summed E-state index contributed by atoms with van der Waals surface area (Å²) in [6.07, 6.45) is -11.2. The summed E-state index contributed by atoms with van der Waals surface area (Å²) in [4.78, 5) is 83.7. The van der Waals surface area contributed by atoms with Crippen LogP contribution in [-0.2, 0) is 47.6 Å². The Labute approximate surface area is 366 Å². The van der Waals surface area contributed by atoms with Gasteiger partial charge in [0.1, 0.15) is 41.7 Å². The normalized spacial score (nSPS) is 31.8. The van der Waals surface area contributed by atoms with Gasteiger partial charge in [0.15, 0.2) is 11.4 Å².